The summed E-state index contributed by atoms with van der Waals surface area (Å²) in [6.45, 7) is 1.09. The number of rotatable bonds is 4. The molecule has 1 N–H and O–H groups in total. The number of aromatic carboxylic acids is 1. The molecule has 0 aliphatic carbocycles. The second-order valence-electron chi connectivity index (χ2n) is 8.06. The lowest BCUT2D eigenvalue weighted by atomic mass is 10.2. The Morgan fingerprint density at radius 2 is 1.12 bits per heavy atom. The molecular formula is C25H12F8N6O3. The third kappa shape index (κ3) is 6.58. The molecule has 0 atom stereocenters. The Hall–Kier alpha value is -5.58. The van der Waals surface area contributed by atoms with Crippen molar-refractivity contribution in [2.45, 2.75) is 19.3 Å². The van der Waals surface area contributed by atoms with E-state index >= 15 is 0 Å². The molecular weight excluding hydrogens is 584 g/mol. The van der Waals surface area contributed by atoms with Gasteiger partial charge in [0.15, 0.2) is 22.9 Å². The number of carbonyl (C=O) groups excluding carboxylic acids is 1. The minimum Gasteiger partial charge on any atom is -0.477 e. The Kier molecular flexibility index (Phi) is 8.47. The summed E-state index contributed by atoms with van der Waals surface area (Å²) < 4.78 is 103. The molecule has 9 nitrogen and oxygen atoms in total. The molecule has 4 aromatic rings. The largest absolute Gasteiger partial charge is 0.477 e. The van der Waals surface area contributed by atoms with Crippen LogP contribution in [-0.2, 0) is 12.4 Å². The minimum atomic E-state index is -4.83. The summed E-state index contributed by atoms with van der Waals surface area (Å²) in [6, 6.07) is 9.90. The van der Waals surface area contributed by atoms with E-state index in [1.165, 1.54) is 6.07 Å². The topological polar surface area (TPSA) is 138 Å². The molecule has 0 radical (unpaired) electrons. The van der Waals surface area contributed by atoms with Crippen LogP contribution in [0.5, 0.6) is 0 Å². The molecule has 0 amide bonds. The third-order valence-corrected chi connectivity index (χ3v) is 5.21. The number of hydrogen-bond donors (Lipinski definition) is 1. The number of carboxylic acids is 1. The predicted molar refractivity (Wildman–Crippen MR) is 123 cm³/mol. The van der Waals surface area contributed by atoms with Gasteiger partial charge in [0, 0.05) is 19.1 Å². The first-order chi connectivity index (χ1) is 19.5. The second kappa shape index (κ2) is 11.5. The van der Waals surface area contributed by atoms with Crippen LogP contribution in [0.15, 0.2) is 48.5 Å². The van der Waals surface area contributed by atoms with E-state index in [2.05, 4.69) is 10.2 Å². The molecule has 2 aromatic heterocycles. The van der Waals surface area contributed by atoms with Crippen molar-refractivity contribution in [1.29, 1.82) is 10.5 Å². The lowest BCUT2D eigenvalue weighted by Gasteiger charge is -2.06. The number of aromatic nitrogens is 4. The van der Waals surface area contributed by atoms with Gasteiger partial charge in [-0.15, -0.1) is 0 Å². The first kappa shape index (κ1) is 31.0. The summed E-state index contributed by atoms with van der Waals surface area (Å²) in [5.74, 6) is -3.96. The number of halogens is 8. The van der Waals surface area contributed by atoms with Gasteiger partial charge in [0.1, 0.15) is 29.5 Å². The van der Waals surface area contributed by atoms with Gasteiger partial charge in [-0.3, -0.25) is 4.79 Å². The zero-order valence-corrected chi connectivity index (χ0v) is 20.6. The molecule has 0 bridgehead atoms. The van der Waals surface area contributed by atoms with Crippen molar-refractivity contribution in [1.82, 2.24) is 19.6 Å². The van der Waals surface area contributed by atoms with Gasteiger partial charge in [0.25, 0.3) is 0 Å². The monoisotopic (exact) mass is 596 g/mol. The van der Waals surface area contributed by atoms with Crippen molar-refractivity contribution in [3.8, 4) is 23.5 Å². The number of alkyl halides is 6. The number of ketones is 1. The Morgan fingerprint density at radius 3 is 1.45 bits per heavy atom. The van der Waals surface area contributed by atoms with Crippen LogP contribution < -0.4 is 0 Å². The van der Waals surface area contributed by atoms with Gasteiger partial charge in [-0.1, -0.05) is 0 Å². The van der Waals surface area contributed by atoms with E-state index in [1.807, 2.05) is 0 Å². The maximum atomic E-state index is 13.2. The van der Waals surface area contributed by atoms with Gasteiger partial charge in [-0.25, -0.2) is 22.9 Å². The quantitative estimate of drug-likeness (QED) is 0.236. The molecule has 2 heterocycles. The summed E-state index contributed by atoms with van der Waals surface area (Å²) >= 11 is 0. The van der Waals surface area contributed by atoms with Gasteiger partial charge in [0.2, 0.25) is 0 Å². The van der Waals surface area contributed by atoms with Gasteiger partial charge >= 0.3 is 18.3 Å². The van der Waals surface area contributed by atoms with E-state index in [0.717, 1.165) is 48.0 Å². The number of hydrogen-bond acceptors (Lipinski definition) is 6. The number of benzene rings is 2. The van der Waals surface area contributed by atoms with Crippen molar-refractivity contribution in [3.63, 3.8) is 0 Å². The van der Waals surface area contributed by atoms with Crippen LogP contribution in [0.3, 0.4) is 0 Å². The van der Waals surface area contributed by atoms with Crippen molar-refractivity contribution < 1.29 is 49.8 Å². The van der Waals surface area contributed by atoms with Crippen LogP contribution in [0.4, 0.5) is 35.1 Å². The fourth-order valence-electron chi connectivity index (χ4n) is 3.30. The fraction of sp³-hybridized carbons (Fsp3) is 0.120. The third-order valence-electron chi connectivity index (χ3n) is 5.21. The SMILES string of the molecule is CC(=O)c1cc(C(F)(F)F)nn1-c1ccc(F)c(C#N)c1.N#Cc1cc(-n2nc(C(F)(F)F)cc2C(=O)O)ccc1F. The molecule has 17 heteroatoms. The zero-order chi connectivity index (χ0) is 31.6. The highest BCUT2D eigenvalue weighted by Gasteiger charge is 2.37. The molecule has 0 aliphatic heterocycles. The summed E-state index contributed by atoms with van der Waals surface area (Å²) in [6.07, 6.45) is -9.54. The Balaban J connectivity index is 0.000000230. The standard InChI is InChI=1S/C13H7F4N3O.C12H5F4N3O2/c1-7(21)11-5-12(13(15,16)17)19-20(11)9-2-3-10(14)8(4-9)6-18;13-8-2-1-7(3-6(8)5-17)19-9(11(20)21)4-10(18-19)12(14,15)16/h2-5H,1H3;1-4H,(H,20,21). The number of carboxylic acid groups (broad SMARTS) is 1. The van der Waals surface area contributed by atoms with Crippen LogP contribution in [0.25, 0.3) is 11.4 Å². The Labute approximate surface area is 229 Å². The zero-order valence-electron chi connectivity index (χ0n) is 20.6. The lowest BCUT2D eigenvalue weighted by molar-refractivity contribution is -0.142. The molecule has 42 heavy (non-hydrogen) atoms. The van der Waals surface area contributed by atoms with E-state index < -0.39 is 58.4 Å². The summed E-state index contributed by atoms with van der Waals surface area (Å²) in [5.41, 5.74) is -4.66. The van der Waals surface area contributed by atoms with Crippen molar-refractivity contribution >= 4 is 11.8 Å². The van der Waals surface area contributed by atoms with Crippen molar-refractivity contribution in [2.75, 3.05) is 0 Å². The Bertz CT molecular complexity index is 1640. The highest BCUT2D eigenvalue weighted by atomic mass is 19.4. The van der Waals surface area contributed by atoms with Gasteiger partial charge in [-0.05, 0) is 36.4 Å². The van der Waals surface area contributed by atoms with Crippen LogP contribution in [0.1, 0.15) is 50.4 Å². The highest BCUT2D eigenvalue weighted by molar-refractivity contribution is 5.93. The molecule has 216 valence electrons. The second-order valence-corrected chi connectivity index (χ2v) is 8.06. The molecule has 0 unspecified atom stereocenters. The maximum absolute atomic E-state index is 13.2. The van der Waals surface area contributed by atoms with Crippen molar-refractivity contribution in [3.05, 3.63) is 94.1 Å². The van der Waals surface area contributed by atoms with Crippen LogP contribution in [0, 0.1) is 34.3 Å². The van der Waals surface area contributed by atoms with E-state index in [0.29, 0.717) is 16.8 Å². The van der Waals surface area contributed by atoms with E-state index in [1.54, 1.807) is 6.07 Å². The summed E-state index contributed by atoms with van der Waals surface area (Å²) in [7, 11) is 0. The number of carbonyl (C=O) groups is 2. The smallest absolute Gasteiger partial charge is 0.435 e. The lowest BCUT2D eigenvalue weighted by Crippen LogP contribution is -2.09. The molecule has 0 saturated heterocycles. The molecule has 4 rings (SSSR count). The van der Waals surface area contributed by atoms with Crippen LogP contribution in [-0.4, -0.2) is 36.4 Å². The maximum Gasteiger partial charge on any atom is 0.435 e. The fourth-order valence-corrected chi connectivity index (χ4v) is 3.30. The molecule has 0 saturated carbocycles. The molecule has 2 aromatic carbocycles. The highest BCUT2D eigenvalue weighted by Crippen LogP contribution is 2.31. The van der Waals surface area contributed by atoms with Crippen LogP contribution in [0.2, 0.25) is 0 Å². The van der Waals surface area contributed by atoms with E-state index in [9.17, 15) is 44.7 Å². The van der Waals surface area contributed by atoms with Crippen molar-refractivity contribution in [2.24, 2.45) is 0 Å². The molecule has 0 spiro atoms. The van der Waals surface area contributed by atoms with Gasteiger partial charge in [0.05, 0.1) is 22.5 Å². The number of nitrogens with zero attached hydrogens (tertiary/aromatic N) is 6. The number of Topliss-reactive ketones (excluding diaryl/α,β-unsaturated/α-hetero) is 1. The Morgan fingerprint density at radius 1 is 0.738 bits per heavy atom. The molecule has 0 fully saturated rings. The average molecular weight is 596 g/mol. The van der Waals surface area contributed by atoms with E-state index in [4.69, 9.17) is 15.6 Å². The first-order valence-corrected chi connectivity index (χ1v) is 11.0. The van der Waals surface area contributed by atoms with E-state index in [-0.39, 0.29) is 22.6 Å². The predicted octanol–water partition coefficient (Wildman–Crippen LogP) is 5.70. The minimum absolute atomic E-state index is 0.00588. The normalized spacial score (nSPS) is 11.2. The molecule has 0 aliphatic rings. The van der Waals surface area contributed by atoms with Gasteiger partial charge < -0.3 is 5.11 Å². The number of nitriles is 2. The van der Waals surface area contributed by atoms with Crippen LogP contribution >= 0.6 is 0 Å². The summed E-state index contributed by atoms with van der Waals surface area (Å²) in [4.78, 5) is 22.4. The average Bonchev–Trinajstić information content (AvgIpc) is 3.56. The first-order valence-electron chi connectivity index (χ1n) is 11.0. The van der Waals surface area contributed by atoms with Gasteiger partial charge in [-0.2, -0.15) is 47.1 Å². The summed E-state index contributed by atoms with van der Waals surface area (Å²) in [5, 5.41) is 32.8.